The van der Waals surface area contributed by atoms with Crippen LogP contribution < -0.4 is 25.8 Å². The summed E-state index contributed by atoms with van der Waals surface area (Å²) in [6.07, 6.45) is 16.6. The molecule has 28 nitrogen and oxygen atoms in total. The molecule has 4 fully saturated rings. The van der Waals surface area contributed by atoms with E-state index in [0.29, 0.717) is 62.2 Å². The number of benzene rings is 6. The number of amides is 6. The molecule has 0 saturated carbocycles. The molecule has 6 aromatic carbocycles. The maximum Gasteiger partial charge on any atom is 0.410 e. The van der Waals surface area contributed by atoms with Crippen LogP contribution in [-0.2, 0) is 69.0 Å². The van der Waals surface area contributed by atoms with Crippen LogP contribution in [0.1, 0.15) is 276 Å². The van der Waals surface area contributed by atoms with Gasteiger partial charge in [0, 0.05) is 115 Å². The third-order valence-electron chi connectivity index (χ3n) is 31.8. The molecular formula is C114H155N11O17. The summed E-state index contributed by atoms with van der Waals surface area (Å²) < 4.78 is 27.4. The highest BCUT2D eigenvalue weighted by molar-refractivity contribution is 6.10. The van der Waals surface area contributed by atoms with Gasteiger partial charge in [-0.1, -0.05) is 193 Å². The zero-order chi connectivity index (χ0) is 104. The summed E-state index contributed by atoms with van der Waals surface area (Å²) in [5.74, 6) is 1.44. The molecule has 4 saturated heterocycles. The van der Waals surface area contributed by atoms with Crippen LogP contribution in [0.3, 0.4) is 0 Å². The molecule has 0 aromatic heterocycles. The molecular weight excluding hydrogens is 1800 g/mol. The van der Waals surface area contributed by atoms with Gasteiger partial charge in [0.1, 0.15) is 48.4 Å². The Hall–Kier alpha value is -11.8. The number of carboxylic acid groups (broad SMARTS) is 3. The third-order valence-corrected chi connectivity index (χ3v) is 31.8. The Balaban J connectivity index is 0.000000190. The lowest BCUT2D eigenvalue weighted by Crippen LogP contribution is -2.47. The van der Waals surface area contributed by atoms with Crippen LogP contribution in [0.15, 0.2) is 117 Å². The predicted octanol–water partition coefficient (Wildman–Crippen LogP) is 22.2. The van der Waals surface area contributed by atoms with Gasteiger partial charge in [0.25, 0.3) is 0 Å². The number of likely N-dealkylation sites (tertiary alicyclic amines) is 4. The lowest BCUT2D eigenvalue weighted by molar-refractivity contribution is -0.141. The molecule has 0 bridgehead atoms. The number of ether oxygens (including phenoxy) is 5. The summed E-state index contributed by atoms with van der Waals surface area (Å²) in [5, 5.41) is 35.1. The van der Waals surface area contributed by atoms with E-state index >= 15 is 0 Å². The van der Waals surface area contributed by atoms with Crippen LogP contribution >= 0.6 is 0 Å². The molecule has 768 valence electrons. The van der Waals surface area contributed by atoms with Crippen molar-refractivity contribution in [2.24, 2.45) is 90.8 Å². The molecule has 0 unspecified atom stereocenters. The number of nitrogens with two attached hydrogens (primary N) is 1. The molecule has 10 heterocycles. The first-order valence-corrected chi connectivity index (χ1v) is 51.9. The third kappa shape index (κ3) is 24.5. The molecule has 28 heteroatoms. The number of fused-ring (bicyclic) bond motifs is 12. The van der Waals surface area contributed by atoms with Gasteiger partial charge in [-0.05, 0) is 246 Å². The van der Waals surface area contributed by atoms with E-state index in [1.54, 1.807) is 13.8 Å². The Labute approximate surface area is 839 Å². The second-order valence-electron chi connectivity index (χ2n) is 42.8. The lowest BCUT2D eigenvalue weighted by Gasteiger charge is -2.32. The minimum absolute atomic E-state index is 0.00158. The lowest BCUT2D eigenvalue weighted by atomic mass is 9.89. The van der Waals surface area contributed by atoms with Crippen LogP contribution in [0, 0.1) is 65.1 Å². The second-order valence-corrected chi connectivity index (χ2v) is 42.8. The van der Waals surface area contributed by atoms with Crippen LogP contribution in [0.25, 0.3) is 54.9 Å². The average molecular weight is 1950 g/mol. The first-order chi connectivity index (χ1) is 67.4. The largest absolute Gasteiger partial charge is 0.488 e. The Morgan fingerprint density at radius 2 is 0.866 bits per heavy atom. The highest BCUT2D eigenvalue weighted by Crippen LogP contribution is 2.50. The number of aliphatic carboxylic acids is 3. The molecule has 18 atom stereocenters. The Kier molecular flexibility index (Phi) is 36.2. The number of carbonyl (C=O) groups excluding carboxylic acids is 6. The Morgan fingerprint density at radius 1 is 0.465 bits per heavy atom. The number of allylic oxidation sites excluding steroid dienone is 2. The number of nitrogens with one attached hydrogen (secondary N) is 2. The van der Waals surface area contributed by atoms with Crippen molar-refractivity contribution < 1.29 is 82.2 Å². The fourth-order valence-electron chi connectivity index (χ4n) is 20.8. The zero-order valence-electron chi connectivity index (χ0n) is 88.1. The topological polar surface area (TPSA) is 373 Å². The average Bonchev–Trinajstić information content (AvgIpc) is 1.54. The second kappa shape index (κ2) is 47.2. The molecule has 142 heavy (non-hydrogen) atoms. The number of carboxylic acids is 3. The highest BCUT2D eigenvalue weighted by Gasteiger charge is 2.47. The fourth-order valence-corrected chi connectivity index (χ4v) is 20.8. The van der Waals surface area contributed by atoms with Crippen LogP contribution in [0.5, 0.6) is 11.5 Å². The molecule has 10 aliphatic heterocycles. The van der Waals surface area contributed by atoms with Crippen LogP contribution in [0.2, 0.25) is 0 Å². The first-order valence-electron chi connectivity index (χ1n) is 51.9. The molecule has 0 radical (unpaired) electrons. The van der Waals surface area contributed by atoms with Gasteiger partial charge >= 0.3 is 36.2 Å². The zero-order valence-corrected chi connectivity index (χ0v) is 88.1. The van der Waals surface area contributed by atoms with E-state index < -0.39 is 53.8 Å². The van der Waals surface area contributed by atoms with E-state index in [9.17, 15) is 43.2 Å². The highest BCUT2D eigenvalue weighted by atomic mass is 16.6. The van der Waals surface area contributed by atoms with E-state index in [1.807, 2.05) is 65.8 Å². The van der Waals surface area contributed by atoms with Crippen molar-refractivity contribution in [3.8, 4) is 33.8 Å². The maximum absolute atomic E-state index is 13.7. The molecule has 0 aliphatic carbocycles. The van der Waals surface area contributed by atoms with Gasteiger partial charge < -0.3 is 70.1 Å². The van der Waals surface area contributed by atoms with Crippen LogP contribution in [-0.4, -0.2) is 199 Å². The van der Waals surface area contributed by atoms with Crippen molar-refractivity contribution in [2.45, 2.75) is 328 Å². The molecule has 16 rings (SSSR count). The normalized spacial score (nSPS) is 22.1. The van der Waals surface area contributed by atoms with Crippen molar-refractivity contribution in [1.29, 1.82) is 0 Å². The van der Waals surface area contributed by atoms with Crippen molar-refractivity contribution in [3.05, 3.63) is 131 Å². The number of alkyl carbamates (subject to hydrolysis) is 2. The fraction of sp³-hybridized carbons (Fsp3) is 0.570. The van der Waals surface area contributed by atoms with Gasteiger partial charge in [0.2, 0.25) is 17.7 Å². The molecule has 6 aromatic rings. The number of rotatable bonds is 26. The van der Waals surface area contributed by atoms with Crippen molar-refractivity contribution >= 4 is 121 Å². The Bertz CT molecular complexity index is 5840. The molecule has 10 aliphatic rings. The standard InChI is InChI=1S/C47H58N4O3.C45H54N4O4.2C8H15NO4.C6H13NO2/c1-9-27(5)30(8)46(52)50-24-31(10-2)17-44(50)41-20-34(23-48-41)32-12-14-36-35(18-32)25-54-45-22-37-33(19-39(36)45)13-15-40-38(37)21-42(49-40)43-16-11-28(6)51(43)47(53)29(7)26(3)4;1-9-28-16-41(48(23-28)44(51)53-45(6,7)8)38-19-31(22-46-38)29-11-13-33-32(17-29)24-52-42-21-34-30(18-36(33)42)12-14-37-35(34)20-39(47-37)40-15-10-26(4)49(40)43(50)27(5)25(2)3;2*1-4-5(2)6(7(10)11)9-8(12)13-3;1-3-4(2)5(7)6(8)9/h12-15,18-19,22-23,26-31,43-44H,9-11,16-17,20-21,24-25H2,1-8H3;11-14,17-18,21-22,25-28,40-41H,9-10,15-16,19-20,23-24H2,1-8H3;2*5-6H,4H2,1-3H3,(H,9,12)(H,10,11);4-5H,3,7H2,1-2H3,(H,8,9)/t27-,28+,29+,30+,31+,43+,44+;26-,27-,28-,40-,41-;2*5-,6+;4-,5+/m10111/s1. The minimum Gasteiger partial charge on any atom is -0.488 e. The number of hydrogen-bond donors (Lipinski definition) is 6. The summed E-state index contributed by atoms with van der Waals surface area (Å²) in [4.78, 5) is 136. The summed E-state index contributed by atoms with van der Waals surface area (Å²) in [7, 11) is 2.40. The van der Waals surface area contributed by atoms with Gasteiger partial charge in [-0.2, -0.15) is 0 Å². The maximum atomic E-state index is 13.7. The van der Waals surface area contributed by atoms with Gasteiger partial charge in [-0.25, -0.2) is 24.0 Å². The van der Waals surface area contributed by atoms with E-state index in [2.05, 4.69) is 210 Å². The Morgan fingerprint density at radius 3 is 1.23 bits per heavy atom. The SMILES string of the molecule is CC[C@@H](C)[C@H](N)C(=O)O.CC[C@@H](C)[C@H](NC(=O)OC)C(=O)O.CC[C@@H](C)[C@H](NC(=O)OC)C(=O)O.CC[C@H]1C[C@@H](C2=NC=C(c3ccc4c(c3)COc3cc5c6c(ccc5cc3-4)N=C([C@@H]3CC[C@H](C)N3C(=O)[C@@H](C)C(C)C)C6)C2)N(C(=O)OC(C)(C)C)C1.CC[C@H]1C[C@@H](C2=NC=C(c3ccc4c(c3)COc3cc5c6c(ccc5cc3-4)N=C([C@@H]3CC[C@H](C)N3C(=O)[C@@H](C)C(C)C)C6)C2)N(C(=O)[C@@H](C)[C@H](C)CC)C1. The monoisotopic (exact) mass is 1950 g/mol. The van der Waals surface area contributed by atoms with Gasteiger partial charge in [-0.3, -0.25) is 44.0 Å². The quantitative estimate of drug-likeness (QED) is 0.0275. The number of nitrogens with zero attached hydrogens (tertiary/aromatic N) is 8. The molecule has 0 spiro atoms. The summed E-state index contributed by atoms with van der Waals surface area (Å²) >= 11 is 0. The van der Waals surface area contributed by atoms with E-state index in [4.69, 9.17) is 55.2 Å². The van der Waals surface area contributed by atoms with Crippen LogP contribution in [0.4, 0.5) is 25.8 Å². The van der Waals surface area contributed by atoms with E-state index in [-0.39, 0.29) is 95.6 Å². The predicted molar refractivity (Wildman–Crippen MR) is 561 cm³/mol. The van der Waals surface area contributed by atoms with Gasteiger partial charge in [0.15, 0.2) is 0 Å². The molecule has 6 amide bonds. The summed E-state index contributed by atoms with van der Waals surface area (Å²) in [6.45, 7) is 47.3. The van der Waals surface area contributed by atoms with E-state index in [1.165, 1.54) is 74.7 Å². The van der Waals surface area contributed by atoms with Gasteiger partial charge in [0.05, 0.1) is 49.8 Å². The number of aliphatic imine (C=N–C) groups is 4. The molecule has 7 N–H and O–H groups in total. The number of carbonyl (C=O) groups is 9. The summed E-state index contributed by atoms with van der Waals surface area (Å²) in [6, 6.07) is 29.3. The van der Waals surface area contributed by atoms with Crippen molar-refractivity contribution in [1.82, 2.24) is 30.2 Å². The minimum atomic E-state index is -1.04. The number of methoxy groups -OCH3 is 2. The van der Waals surface area contributed by atoms with E-state index in [0.717, 1.165) is 170 Å². The first kappa shape index (κ1) is 109. The van der Waals surface area contributed by atoms with Crippen molar-refractivity contribution in [3.63, 3.8) is 0 Å². The smallest absolute Gasteiger partial charge is 0.410 e. The summed E-state index contributed by atoms with van der Waals surface area (Å²) in [5.41, 5.74) is 25.3. The van der Waals surface area contributed by atoms with Crippen molar-refractivity contribution in [2.75, 3.05) is 27.3 Å². The van der Waals surface area contributed by atoms with Gasteiger partial charge in [-0.15, -0.1) is 0 Å². The number of hydrogen-bond acceptors (Lipinski definition) is 19.